The molecule has 0 fully saturated rings. The molecule has 1 aromatic rings. The third kappa shape index (κ3) is 2.95. The predicted octanol–water partition coefficient (Wildman–Crippen LogP) is 1.69. The number of hydrogen-bond donors (Lipinski definition) is 2. The van der Waals surface area contributed by atoms with Crippen LogP contribution in [0, 0.1) is 0 Å². The van der Waals surface area contributed by atoms with Gasteiger partial charge < -0.3 is 15.1 Å². The maximum atomic E-state index is 12.6. The lowest BCUT2D eigenvalue weighted by Gasteiger charge is -2.33. The number of carbonyl (C=O) groups is 1. The zero-order valence-corrected chi connectivity index (χ0v) is 12.8. The van der Waals surface area contributed by atoms with Crippen molar-refractivity contribution in [3.63, 3.8) is 0 Å². The third-order valence-corrected chi connectivity index (χ3v) is 3.85. The van der Waals surface area contributed by atoms with Crippen LogP contribution in [-0.2, 0) is 17.0 Å². The summed E-state index contributed by atoms with van der Waals surface area (Å²) in [6.45, 7) is 6.05. The van der Waals surface area contributed by atoms with Gasteiger partial charge in [0.2, 0.25) is 0 Å². The molecule has 0 aliphatic rings. The monoisotopic (exact) mass is 300 g/mol. The Balaban J connectivity index is 3.37. The first-order valence-corrected chi connectivity index (χ1v) is 7.10. The van der Waals surface area contributed by atoms with E-state index < -0.39 is 5.60 Å². The number of carbonyl (C=O) groups excluding carboxylic acids is 1. The van der Waals surface area contributed by atoms with Crippen molar-refractivity contribution in [2.75, 3.05) is 13.1 Å². The molecule has 1 atom stereocenters. The van der Waals surface area contributed by atoms with Crippen LogP contribution in [0.4, 0.5) is 0 Å². The normalized spacial score (nSPS) is 13.9. The number of likely N-dealkylation sites (N-methyl/N-ethyl adjacent to an activating group) is 1. The SMILES string of the molecule is CCN(CC)C(=O)C(O)(CC)c1ccnc(Cl)c1CO. The van der Waals surface area contributed by atoms with E-state index in [0.717, 1.165) is 0 Å². The first-order valence-electron chi connectivity index (χ1n) is 6.72. The molecule has 1 amide bonds. The Bertz CT molecular complexity index is 477. The molecule has 6 heteroatoms. The smallest absolute Gasteiger partial charge is 0.259 e. The van der Waals surface area contributed by atoms with Gasteiger partial charge in [-0.3, -0.25) is 4.79 Å². The number of aliphatic hydroxyl groups is 2. The molecular weight excluding hydrogens is 280 g/mol. The molecule has 0 aromatic carbocycles. The summed E-state index contributed by atoms with van der Waals surface area (Å²) < 4.78 is 0. The molecule has 0 aliphatic carbocycles. The highest BCUT2D eigenvalue weighted by Gasteiger charge is 2.40. The minimum absolute atomic E-state index is 0.101. The molecule has 0 saturated carbocycles. The first-order chi connectivity index (χ1) is 9.46. The molecule has 1 aromatic heterocycles. The van der Waals surface area contributed by atoms with Crippen molar-refractivity contribution < 1.29 is 15.0 Å². The second-order valence-electron chi connectivity index (χ2n) is 4.48. The van der Waals surface area contributed by atoms with E-state index in [-0.39, 0.29) is 24.1 Å². The molecule has 1 rings (SSSR count). The van der Waals surface area contributed by atoms with Crippen LogP contribution in [0.25, 0.3) is 0 Å². The minimum atomic E-state index is -1.70. The van der Waals surface area contributed by atoms with Gasteiger partial charge in [0.05, 0.1) is 6.61 Å². The van der Waals surface area contributed by atoms with Crippen molar-refractivity contribution in [2.24, 2.45) is 0 Å². The highest BCUT2D eigenvalue weighted by atomic mass is 35.5. The fraction of sp³-hybridized carbons (Fsp3) is 0.571. The van der Waals surface area contributed by atoms with Crippen LogP contribution in [0.5, 0.6) is 0 Å². The van der Waals surface area contributed by atoms with Gasteiger partial charge in [-0.25, -0.2) is 4.98 Å². The molecule has 2 N–H and O–H groups in total. The lowest BCUT2D eigenvalue weighted by molar-refractivity contribution is -0.152. The van der Waals surface area contributed by atoms with Gasteiger partial charge in [-0.2, -0.15) is 0 Å². The number of halogens is 1. The van der Waals surface area contributed by atoms with Crippen molar-refractivity contribution in [1.29, 1.82) is 0 Å². The number of nitrogens with zero attached hydrogens (tertiary/aromatic N) is 2. The Morgan fingerprint density at radius 1 is 1.40 bits per heavy atom. The first kappa shape index (κ1) is 16.9. The van der Waals surface area contributed by atoms with E-state index in [1.807, 2.05) is 13.8 Å². The topological polar surface area (TPSA) is 73.7 Å². The molecule has 0 saturated heterocycles. The quantitative estimate of drug-likeness (QED) is 0.784. The Hall–Kier alpha value is -1.17. The molecule has 1 heterocycles. The largest absolute Gasteiger partial charge is 0.392 e. The Kier molecular flexibility index (Phi) is 5.92. The lowest BCUT2D eigenvalue weighted by Crippen LogP contribution is -2.47. The van der Waals surface area contributed by atoms with Gasteiger partial charge in [0.1, 0.15) is 5.15 Å². The van der Waals surface area contributed by atoms with Crippen molar-refractivity contribution in [2.45, 2.75) is 39.4 Å². The van der Waals surface area contributed by atoms with E-state index in [0.29, 0.717) is 24.2 Å². The summed E-state index contributed by atoms with van der Waals surface area (Å²) in [5, 5.41) is 20.4. The summed E-state index contributed by atoms with van der Waals surface area (Å²) in [6.07, 6.45) is 1.61. The van der Waals surface area contributed by atoms with Crippen LogP contribution in [0.3, 0.4) is 0 Å². The van der Waals surface area contributed by atoms with E-state index >= 15 is 0 Å². The average Bonchev–Trinajstić information content (AvgIpc) is 2.47. The summed E-state index contributed by atoms with van der Waals surface area (Å²) in [6, 6.07) is 1.53. The summed E-state index contributed by atoms with van der Waals surface area (Å²) in [5.41, 5.74) is -1.09. The van der Waals surface area contributed by atoms with Crippen LogP contribution >= 0.6 is 11.6 Å². The number of amides is 1. The van der Waals surface area contributed by atoms with Gasteiger partial charge in [0.15, 0.2) is 5.60 Å². The van der Waals surface area contributed by atoms with Gasteiger partial charge in [-0.15, -0.1) is 0 Å². The van der Waals surface area contributed by atoms with Crippen molar-refractivity contribution >= 4 is 17.5 Å². The third-order valence-electron chi connectivity index (χ3n) is 3.52. The molecule has 0 radical (unpaired) electrons. The van der Waals surface area contributed by atoms with Crippen LogP contribution in [0.15, 0.2) is 12.3 Å². The summed E-state index contributed by atoms with van der Waals surface area (Å²) in [4.78, 5) is 18.0. The number of pyridine rings is 1. The number of hydrogen-bond acceptors (Lipinski definition) is 4. The molecule has 0 spiro atoms. The molecule has 112 valence electrons. The van der Waals surface area contributed by atoms with Crippen LogP contribution < -0.4 is 0 Å². The Morgan fingerprint density at radius 2 is 2.00 bits per heavy atom. The van der Waals surface area contributed by atoms with Crippen LogP contribution in [0.1, 0.15) is 38.3 Å². The van der Waals surface area contributed by atoms with Gasteiger partial charge >= 0.3 is 0 Å². The highest BCUT2D eigenvalue weighted by molar-refractivity contribution is 6.30. The fourth-order valence-corrected chi connectivity index (χ4v) is 2.45. The van der Waals surface area contributed by atoms with E-state index in [2.05, 4.69) is 4.98 Å². The maximum Gasteiger partial charge on any atom is 0.259 e. The fourth-order valence-electron chi connectivity index (χ4n) is 2.23. The van der Waals surface area contributed by atoms with E-state index in [9.17, 15) is 15.0 Å². The summed E-state index contributed by atoms with van der Waals surface area (Å²) in [5.74, 6) is -0.387. The molecular formula is C14H21ClN2O3. The van der Waals surface area contributed by atoms with Gasteiger partial charge in [-0.05, 0) is 26.3 Å². The zero-order valence-electron chi connectivity index (χ0n) is 12.1. The summed E-state index contributed by atoms with van der Waals surface area (Å²) in [7, 11) is 0. The second kappa shape index (κ2) is 7.02. The average molecular weight is 301 g/mol. The van der Waals surface area contributed by atoms with E-state index in [4.69, 9.17) is 11.6 Å². The van der Waals surface area contributed by atoms with Gasteiger partial charge in [-0.1, -0.05) is 18.5 Å². The van der Waals surface area contributed by atoms with Crippen LogP contribution in [-0.4, -0.2) is 39.1 Å². The highest BCUT2D eigenvalue weighted by Crippen LogP contribution is 2.32. The summed E-state index contributed by atoms with van der Waals surface area (Å²) >= 11 is 5.94. The van der Waals surface area contributed by atoms with E-state index in [1.54, 1.807) is 11.8 Å². The minimum Gasteiger partial charge on any atom is -0.392 e. The second-order valence-corrected chi connectivity index (χ2v) is 4.84. The van der Waals surface area contributed by atoms with Gasteiger partial charge in [0, 0.05) is 30.4 Å². The Labute approximate surface area is 124 Å². The molecule has 0 bridgehead atoms. The Morgan fingerprint density at radius 3 is 2.45 bits per heavy atom. The number of aliphatic hydroxyl groups excluding tert-OH is 1. The molecule has 5 nitrogen and oxygen atoms in total. The molecule has 20 heavy (non-hydrogen) atoms. The van der Waals surface area contributed by atoms with E-state index in [1.165, 1.54) is 12.3 Å². The lowest BCUT2D eigenvalue weighted by atomic mass is 9.87. The van der Waals surface area contributed by atoms with Crippen molar-refractivity contribution in [3.05, 3.63) is 28.5 Å². The van der Waals surface area contributed by atoms with Crippen LogP contribution in [0.2, 0.25) is 5.15 Å². The van der Waals surface area contributed by atoms with Gasteiger partial charge in [0.25, 0.3) is 5.91 Å². The predicted molar refractivity (Wildman–Crippen MR) is 77.3 cm³/mol. The number of aromatic nitrogens is 1. The number of rotatable bonds is 6. The molecule has 0 aliphatic heterocycles. The van der Waals surface area contributed by atoms with Crippen molar-refractivity contribution in [3.8, 4) is 0 Å². The molecule has 1 unspecified atom stereocenters. The maximum absolute atomic E-state index is 12.6. The standard InChI is InChI=1S/C14H21ClN2O3/c1-4-14(20,13(19)17(5-2)6-3)11-7-8-16-12(15)10(11)9-18/h7-8,18,20H,4-6,9H2,1-3H3. The zero-order chi connectivity index (χ0) is 15.3. The van der Waals surface area contributed by atoms with Crippen molar-refractivity contribution in [1.82, 2.24) is 9.88 Å².